The summed E-state index contributed by atoms with van der Waals surface area (Å²) in [5, 5.41) is 10.4. The minimum Gasteiger partial charge on any atom is -0.357 e. The van der Waals surface area contributed by atoms with E-state index in [0.717, 1.165) is 43.6 Å². The average molecular weight is 491 g/mol. The molecule has 2 heterocycles. The molecule has 1 aromatic heterocycles. The Morgan fingerprint density at radius 1 is 1.35 bits per heavy atom. The van der Waals surface area contributed by atoms with Crippen LogP contribution in [0.25, 0.3) is 0 Å². The largest absolute Gasteiger partial charge is 0.357 e. The molecule has 1 aliphatic carbocycles. The van der Waals surface area contributed by atoms with Crippen LogP contribution in [0.3, 0.4) is 0 Å². The van der Waals surface area contributed by atoms with Crippen molar-refractivity contribution in [1.29, 1.82) is 0 Å². The maximum absolute atomic E-state index is 4.77. The van der Waals surface area contributed by atoms with Crippen molar-refractivity contribution in [3.05, 3.63) is 16.1 Å². The van der Waals surface area contributed by atoms with Crippen molar-refractivity contribution in [2.45, 2.75) is 70.9 Å². The van der Waals surface area contributed by atoms with Crippen LogP contribution in [0.5, 0.6) is 0 Å². The molecule has 0 bridgehead atoms. The molecule has 1 aromatic rings. The Balaban J connectivity index is 0.00000243. The van der Waals surface area contributed by atoms with Crippen molar-refractivity contribution in [3.8, 4) is 0 Å². The van der Waals surface area contributed by atoms with Crippen LogP contribution in [-0.2, 0) is 6.42 Å². The Morgan fingerprint density at radius 3 is 2.85 bits per heavy atom. The number of hydrogen-bond donors (Lipinski definition) is 2. The van der Waals surface area contributed by atoms with Gasteiger partial charge in [-0.05, 0) is 39.5 Å². The summed E-state index contributed by atoms with van der Waals surface area (Å²) in [4.78, 5) is 12.0. The molecule has 0 aromatic carbocycles. The zero-order valence-electron chi connectivity index (χ0n) is 16.2. The molecule has 2 aliphatic rings. The predicted molar refractivity (Wildman–Crippen MR) is 122 cm³/mol. The summed E-state index contributed by atoms with van der Waals surface area (Å²) in [7, 11) is 0. The van der Waals surface area contributed by atoms with Gasteiger partial charge in [0.1, 0.15) is 0 Å². The number of aryl methyl sites for hydroxylation is 2. The zero-order chi connectivity index (χ0) is 17.5. The van der Waals surface area contributed by atoms with Crippen LogP contribution in [0.1, 0.15) is 56.2 Å². The van der Waals surface area contributed by atoms with Crippen molar-refractivity contribution >= 4 is 41.3 Å². The fourth-order valence-corrected chi connectivity index (χ4v) is 4.78. The highest BCUT2D eigenvalue weighted by atomic mass is 127. The van der Waals surface area contributed by atoms with Crippen molar-refractivity contribution in [3.63, 3.8) is 0 Å². The molecule has 2 fully saturated rings. The number of guanidine groups is 1. The molecule has 1 saturated carbocycles. The summed E-state index contributed by atoms with van der Waals surface area (Å²) in [6.07, 6.45) is 8.96. The second-order valence-corrected chi connectivity index (χ2v) is 8.25. The van der Waals surface area contributed by atoms with Gasteiger partial charge >= 0.3 is 0 Å². The monoisotopic (exact) mass is 491 g/mol. The number of nitrogens with one attached hydrogen (secondary N) is 2. The number of nitrogens with zero attached hydrogens (tertiary/aromatic N) is 3. The van der Waals surface area contributed by atoms with Crippen molar-refractivity contribution in [2.75, 3.05) is 26.2 Å². The van der Waals surface area contributed by atoms with Crippen LogP contribution in [0.15, 0.2) is 10.4 Å². The summed E-state index contributed by atoms with van der Waals surface area (Å²) < 4.78 is 0. The molecule has 1 saturated heterocycles. The summed E-state index contributed by atoms with van der Waals surface area (Å²) in [6.45, 7) is 8.37. The Kier molecular flexibility index (Phi) is 9.63. The first-order valence-electron chi connectivity index (χ1n) is 9.94. The lowest BCUT2D eigenvalue weighted by Gasteiger charge is -2.24. The topological polar surface area (TPSA) is 52.6 Å². The van der Waals surface area contributed by atoms with E-state index in [0.29, 0.717) is 6.04 Å². The van der Waals surface area contributed by atoms with E-state index in [2.05, 4.69) is 39.7 Å². The first-order chi connectivity index (χ1) is 12.2. The minimum absolute atomic E-state index is 0. The van der Waals surface area contributed by atoms with Gasteiger partial charge in [0, 0.05) is 55.8 Å². The fourth-order valence-electron chi connectivity index (χ4n) is 3.96. The number of aromatic nitrogens is 1. The van der Waals surface area contributed by atoms with E-state index in [1.807, 2.05) is 0 Å². The highest BCUT2D eigenvalue weighted by molar-refractivity contribution is 14.0. The standard InChI is InChI=1S/C19H33N5S.HI/c1-3-20-19(21-11-6-9-18-22-15(2)14-25-18)23-16-10-12-24(13-16)17-7-4-5-8-17;/h14,16-17H,3-13H2,1-2H3,(H2,20,21,23);1H. The SMILES string of the molecule is CCNC(=NCCCc1nc(C)cs1)NC1CCN(C2CCCC2)C1.I. The molecule has 148 valence electrons. The maximum atomic E-state index is 4.77. The molecule has 2 N–H and O–H groups in total. The predicted octanol–water partition coefficient (Wildman–Crippen LogP) is 3.57. The number of likely N-dealkylation sites (tertiary alicyclic amines) is 1. The molecule has 5 nitrogen and oxygen atoms in total. The van der Waals surface area contributed by atoms with E-state index in [4.69, 9.17) is 4.99 Å². The van der Waals surface area contributed by atoms with Gasteiger partial charge in [-0.3, -0.25) is 9.89 Å². The maximum Gasteiger partial charge on any atom is 0.191 e. The van der Waals surface area contributed by atoms with Crippen LogP contribution in [0, 0.1) is 6.92 Å². The average Bonchev–Trinajstić information content (AvgIpc) is 3.33. The Bertz CT molecular complexity index is 556. The van der Waals surface area contributed by atoms with Gasteiger partial charge in [-0.1, -0.05) is 12.8 Å². The summed E-state index contributed by atoms with van der Waals surface area (Å²) in [5.41, 5.74) is 1.13. The lowest BCUT2D eigenvalue weighted by molar-refractivity contribution is 0.242. The second-order valence-electron chi connectivity index (χ2n) is 7.31. The molecule has 0 amide bonds. The van der Waals surface area contributed by atoms with E-state index < -0.39 is 0 Å². The number of rotatable bonds is 7. The van der Waals surface area contributed by atoms with Crippen molar-refractivity contribution < 1.29 is 0 Å². The number of hydrogen-bond acceptors (Lipinski definition) is 4. The van der Waals surface area contributed by atoms with E-state index in [-0.39, 0.29) is 24.0 Å². The molecular formula is C19H34IN5S. The smallest absolute Gasteiger partial charge is 0.191 e. The van der Waals surface area contributed by atoms with E-state index in [1.165, 1.54) is 50.2 Å². The van der Waals surface area contributed by atoms with Crippen LogP contribution >= 0.6 is 35.3 Å². The van der Waals surface area contributed by atoms with Crippen molar-refractivity contribution in [2.24, 2.45) is 4.99 Å². The van der Waals surface area contributed by atoms with Gasteiger partial charge in [0.05, 0.1) is 5.01 Å². The van der Waals surface area contributed by atoms with Crippen LogP contribution in [0.4, 0.5) is 0 Å². The van der Waals surface area contributed by atoms with Gasteiger partial charge in [0.15, 0.2) is 5.96 Å². The summed E-state index contributed by atoms with van der Waals surface area (Å²) in [5.74, 6) is 0.982. The van der Waals surface area contributed by atoms with Gasteiger partial charge in [-0.15, -0.1) is 35.3 Å². The first-order valence-corrected chi connectivity index (χ1v) is 10.8. The molecule has 3 rings (SSSR count). The van der Waals surface area contributed by atoms with E-state index in [1.54, 1.807) is 11.3 Å². The highest BCUT2D eigenvalue weighted by Crippen LogP contribution is 2.26. The lowest BCUT2D eigenvalue weighted by Crippen LogP contribution is -2.45. The Hall–Kier alpha value is -0.410. The fraction of sp³-hybridized carbons (Fsp3) is 0.789. The molecule has 1 unspecified atom stereocenters. The normalized spacial score (nSPS) is 21.8. The third kappa shape index (κ3) is 6.64. The number of halogens is 1. The van der Waals surface area contributed by atoms with Crippen LogP contribution in [0.2, 0.25) is 0 Å². The number of thiazole rings is 1. The first kappa shape index (κ1) is 21.9. The Labute approximate surface area is 179 Å². The third-order valence-corrected chi connectivity index (χ3v) is 6.26. The molecule has 1 aliphatic heterocycles. The third-order valence-electron chi connectivity index (χ3n) is 5.23. The Morgan fingerprint density at radius 2 is 2.15 bits per heavy atom. The van der Waals surface area contributed by atoms with E-state index >= 15 is 0 Å². The lowest BCUT2D eigenvalue weighted by atomic mass is 10.2. The van der Waals surface area contributed by atoms with Gasteiger partial charge in [0.2, 0.25) is 0 Å². The summed E-state index contributed by atoms with van der Waals surface area (Å²) in [6, 6.07) is 1.38. The molecule has 0 spiro atoms. The molecule has 0 radical (unpaired) electrons. The zero-order valence-corrected chi connectivity index (χ0v) is 19.3. The molecule has 26 heavy (non-hydrogen) atoms. The summed E-state index contributed by atoms with van der Waals surface area (Å²) >= 11 is 1.76. The van der Waals surface area contributed by atoms with Crippen LogP contribution in [-0.4, -0.2) is 54.1 Å². The second kappa shape index (κ2) is 11.4. The molecule has 7 heteroatoms. The molecule has 1 atom stereocenters. The van der Waals surface area contributed by atoms with E-state index in [9.17, 15) is 0 Å². The highest BCUT2D eigenvalue weighted by Gasteiger charge is 2.30. The van der Waals surface area contributed by atoms with Gasteiger partial charge in [0.25, 0.3) is 0 Å². The quantitative estimate of drug-likeness (QED) is 0.265. The minimum atomic E-state index is 0. The molecular weight excluding hydrogens is 457 g/mol. The van der Waals surface area contributed by atoms with Gasteiger partial charge in [-0.25, -0.2) is 4.98 Å². The van der Waals surface area contributed by atoms with Crippen LogP contribution < -0.4 is 10.6 Å². The van der Waals surface area contributed by atoms with Crippen molar-refractivity contribution in [1.82, 2.24) is 20.5 Å². The van der Waals surface area contributed by atoms with Gasteiger partial charge < -0.3 is 10.6 Å². The number of aliphatic imine (C=N–C) groups is 1. The van der Waals surface area contributed by atoms with Gasteiger partial charge in [-0.2, -0.15) is 0 Å².